The van der Waals surface area contributed by atoms with Gasteiger partial charge in [0.05, 0.1) is 12.8 Å². The summed E-state index contributed by atoms with van der Waals surface area (Å²) in [6.07, 6.45) is 2.46. The monoisotopic (exact) mass is 248 g/mol. The molecule has 1 fully saturated rings. The van der Waals surface area contributed by atoms with Crippen molar-refractivity contribution in [2.24, 2.45) is 5.92 Å². The summed E-state index contributed by atoms with van der Waals surface area (Å²) in [6, 6.07) is 7.64. The van der Waals surface area contributed by atoms with E-state index in [1.165, 1.54) is 12.8 Å². The Labute approximate surface area is 108 Å². The third-order valence-corrected chi connectivity index (χ3v) is 3.58. The van der Waals surface area contributed by atoms with Gasteiger partial charge in [-0.1, -0.05) is 12.1 Å². The molecule has 1 atom stereocenters. The van der Waals surface area contributed by atoms with Gasteiger partial charge in [-0.2, -0.15) is 0 Å². The zero-order valence-electron chi connectivity index (χ0n) is 11.1. The molecule has 1 saturated carbocycles. The van der Waals surface area contributed by atoms with Crippen LogP contribution < -0.4 is 10.1 Å². The summed E-state index contributed by atoms with van der Waals surface area (Å²) >= 11 is 0. The number of methoxy groups -OCH3 is 1. The molecule has 1 aliphatic carbocycles. The molecule has 0 aromatic heterocycles. The molecule has 1 unspecified atom stereocenters. The summed E-state index contributed by atoms with van der Waals surface area (Å²) in [5.74, 6) is 1.34. The lowest BCUT2D eigenvalue weighted by Crippen LogP contribution is -2.39. The van der Waals surface area contributed by atoms with Crippen LogP contribution in [0.2, 0.25) is 0 Å². The highest BCUT2D eigenvalue weighted by Gasteiger charge is 2.32. The SMILES string of the molecule is COc1ccccc1NC(=O)N(C)C(C)C1CC1. The van der Waals surface area contributed by atoms with E-state index in [1.54, 1.807) is 12.0 Å². The first-order valence-electron chi connectivity index (χ1n) is 6.30. The molecule has 1 aliphatic rings. The highest BCUT2D eigenvalue weighted by Crippen LogP contribution is 2.35. The largest absolute Gasteiger partial charge is 0.495 e. The number of hydrogen-bond acceptors (Lipinski definition) is 2. The van der Waals surface area contributed by atoms with Crippen molar-refractivity contribution in [3.63, 3.8) is 0 Å². The van der Waals surface area contributed by atoms with Crippen molar-refractivity contribution in [1.29, 1.82) is 0 Å². The zero-order valence-corrected chi connectivity index (χ0v) is 11.1. The van der Waals surface area contributed by atoms with Gasteiger partial charge in [-0.05, 0) is 37.8 Å². The Morgan fingerprint density at radius 3 is 2.72 bits per heavy atom. The summed E-state index contributed by atoms with van der Waals surface area (Å²) in [4.78, 5) is 13.9. The maximum Gasteiger partial charge on any atom is 0.321 e. The molecule has 1 aromatic carbocycles. The smallest absolute Gasteiger partial charge is 0.321 e. The van der Waals surface area contributed by atoms with Crippen molar-refractivity contribution in [1.82, 2.24) is 4.90 Å². The Morgan fingerprint density at radius 2 is 2.11 bits per heavy atom. The van der Waals surface area contributed by atoms with Gasteiger partial charge in [0.1, 0.15) is 5.75 Å². The molecular formula is C14H20N2O2. The number of benzene rings is 1. The normalized spacial score (nSPS) is 15.9. The average molecular weight is 248 g/mol. The van der Waals surface area contributed by atoms with Crippen molar-refractivity contribution in [2.75, 3.05) is 19.5 Å². The van der Waals surface area contributed by atoms with Crippen LogP contribution >= 0.6 is 0 Å². The van der Waals surface area contributed by atoms with Gasteiger partial charge >= 0.3 is 6.03 Å². The van der Waals surface area contributed by atoms with E-state index in [-0.39, 0.29) is 6.03 Å². The number of para-hydroxylation sites is 2. The van der Waals surface area contributed by atoms with Crippen LogP contribution in [0.5, 0.6) is 5.75 Å². The molecule has 4 heteroatoms. The van der Waals surface area contributed by atoms with Gasteiger partial charge < -0.3 is 15.0 Å². The average Bonchev–Trinajstić information content (AvgIpc) is 3.22. The number of amides is 2. The van der Waals surface area contributed by atoms with Crippen molar-refractivity contribution >= 4 is 11.7 Å². The van der Waals surface area contributed by atoms with Gasteiger partial charge in [0.25, 0.3) is 0 Å². The predicted molar refractivity (Wildman–Crippen MR) is 72.0 cm³/mol. The molecular weight excluding hydrogens is 228 g/mol. The van der Waals surface area contributed by atoms with Gasteiger partial charge in [-0.3, -0.25) is 0 Å². The fraction of sp³-hybridized carbons (Fsp3) is 0.500. The summed E-state index contributed by atoms with van der Waals surface area (Å²) in [7, 11) is 3.44. The second-order valence-corrected chi connectivity index (χ2v) is 4.82. The number of anilines is 1. The first-order valence-corrected chi connectivity index (χ1v) is 6.30. The van der Waals surface area contributed by atoms with E-state index in [1.807, 2.05) is 31.3 Å². The van der Waals surface area contributed by atoms with Crippen molar-refractivity contribution in [2.45, 2.75) is 25.8 Å². The molecule has 0 aliphatic heterocycles. The number of carbonyl (C=O) groups is 1. The van der Waals surface area contributed by atoms with Crippen LogP contribution in [0.3, 0.4) is 0 Å². The topological polar surface area (TPSA) is 41.6 Å². The molecule has 1 aromatic rings. The van der Waals surface area contributed by atoms with E-state index < -0.39 is 0 Å². The lowest BCUT2D eigenvalue weighted by molar-refractivity contribution is 0.201. The Hall–Kier alpha value is -1.71. The van der Waals surface area contributed by atoms with Crippen LogP contribution in [0.15, 0.2) is 24.3 Å². The van der Waals surface area contributed by atoms with Crippen LogP contribution in [-0.2, 0) is 0 Å². The summed E-state index contributed by atoms with van der Waals surface area (Å²) < 4.78 is 5.21. The first kappa shape index (κ1) is 12.7. The Morgan fingerprint density at radius 1 is 1.44 bits per heavy atom. The lowest BCUT2D eigenvalue weighted by Gasteiger charge is -2.25. The van der Waals surface area contributed by atoms with E-state index in [9.17, 15) is 4.79 Å². The fourth-order valence-electron chi connectivity index (χ4n) is 2.03. The predicted octanol–water partition coefficient (Wildman–Crippen LogP) is 2.96. The number of urea groups is 1. The molecule has 98 valence electrons. The van der Waals surface area contributed by atoms with Gasteiger partial charge in [0, 0.05) is 13.1 Å². The van der Waals surface area contributed by atoms with Gasteiger partial charge in [0.15, 0.2) is 0 Å². The Kier molecular flexibility index (Phi) is 3.75. The van der Waals surface area contributed by atoms with Crippen molar-refractivity contribution < 1.29 is 9.53 Å². The molecule has 0 heterocycles. The Balaban J connectivity index is 2.01. The van der Waals surface area contributed by atoms with Gasteiger partial charge in [-0.25, -0.2) is 4.79 Å². The van der Waals surface area contributed by atoms with Crippen LogP contribution in [0.25, 0.3) is 0 Å². The molecule has 0 spiro atoms. The van der Waals surface area contributed by atoms with Crippen LogP contribution in [0.4, 0.5) is 10.5 Å². The number of rotatable bonds is 4. The van der Waals surface area contributed by atoms with Crippen LogP contribution in [-0.4, -0.2) is 31.1 Å². The highest BCUT2D eigenvalue weighted by molar-refractivity contribution is 5.91. The molecule has 1 N–H and O–H groups in total. The third-order valence-electron chi connectivity index (χ3n) is 3.58. The van der Waals surface area contributed by atoms with Crippen molar-refractivity contribution in [3.8, 4) is 5.75 Å². The van der Waals surface area contributed by atoms with E-state index in [4.69, 9.17) is 4.74 Å². The number of carbonyl (C=O) groups excluding carboxylic acids is 1. The molecule has 0 bridgehead atoms. The molecule has 4 nitrogen and oxygen atoms in total. The van der Waals surface area contributed by atoms with Crippen LogP contribution in [0, 0.1) is 5.92 Å². The second kappa shape index (κ2) is 5.29. The maximum atomic E-state index is 12.1. The second-order valence-electron chi connectivity index (χ2n) is 4.82. The quantitative estimate of drug-likeness (QED) is 0.890. The Bertz CT molecular complexity index is 430. The number of ether oxygens (including phenoxy) is 1. The molecule has 0 radical (unpaired) electrons. The van der Waals surface area contributed by atoms with Crippen LogP contribution in [0.1, 0.15) is 19.8 Å². The molecule has 0 saturated heterocycles. The highest BCUT2D eigenvalue weighted by atomic mass is 16.5. The maximum absolute atomic E-state index is 12.1. The number of hydrogen-bond donors (Lipinski definition) is 1. The van der Waals surface area contributed by atoms with E-state index in [0.29, 0.717) is 23.4 Å². The minimum Gasteiger partial charge on any atom is -0.495 e. The van der Waals surface area contributed by atoms with Crippen molar-refractivity contribution in [3.05, 3.63) is 24.3 Å². The van der Waals surface area contributed by atoms with Gasteiger partial charge in [-0.15, -0.1) is 0 Å². The number of nitrogens with zero attached hydrogens (tertiary/aromatic N) is 1. The minimum atomic E-state index is -0.0844. The lowest BCUT2D eigenvalue weighted by atomic mass is 10.2. The minimum absolute atomic E-state index is 0.0844. The standard InChI is InChI=1S/C14H20N2O2/c1-10(11-8-9-11)16(2)14(17)15-12-6-4-5-7-13(12)18-3/h4-7,10-11H,8-9H2,1-3H3,(H,15,17). The molecule has 2 amide bonds. The summed E-state index contributed by atoms with van der Waals surface area (Å²) in [6.45, 7) is 2.10. The first-order chi connectivity index (χ1) is 8.63. The zero-order chi connectivity index (χ0) is 13.1. The molecule has 18 heavy (non-hydrogen) atoms. The third kappa shape index (κ3) is 2.75. The molecule has 2 rings (SSSR count). The summed E-state index contributed by atoms with van der Waals surface area (Å²) in [5, 5.41) is 2.89. The van der Waals surface area contributed by atoms with Gasteiger partial charge in [0.2, 0.25) is 0 Å². The van der Waals surface area contributed by atoms with E-state index >= 15 is 0 Å². The summed E-state index contributed by atoms with van der Waals surface area (Å²) in [5.41, 5.74) is 0.708. The van der Waals surface area contributed by atoms with E-state index in [2.05, 4.69) is 12.2 Å². The van der Waals surface area contributed by atoms with E-state index in [0.717, 1.165) is 0 Å². The number of nitrogens with one attached hydrogen (secondary N) is 1. The fourth-order valence-corrected chi connectivity index (χ4v) is 2.03.